The maximum atomic E-state index is 11.9. The van der Waals surface area contributed by atoms with E-state index < -0.39 is 0 Å². The molecule has 1 heterocycles. The van der Waals surface area contributed by atoms with E-state index in [0.29, 0.717) is 6.61 Å². The fourth-order valence-corrected chi connectivity index (χ4v) is 2.16. The number of hydrogen-bond acceptors (Lipinski definition) is 4. The van der Waals surface area contributed by atoms with Crippen LogP contribution in [0, 0.1) is 5.92 Å². The van der Waals surface area contributed by atoms with Crippen molar-refractivity contribution in [2.75, 3.05) is 13.7 Å². The molecule has 1 fully saturated rings. The Morgan fingerprint density at radius 1 is 1.39 bits per heavy atom. The van der Waals surface area contributed by atoms with Crippen LogP contribution in [0.3, 0.4) is 0 Å². The molecule has 18 heavy (non-hydrogen) atoms. The standard InChI is InChI=1S/C14H19NO3/c1-10-13(7-8-15-10)14(16)18-9-11-3-5-12(17-2)6-4-11/h3-6,10,13,15H,7-9H2,1-2H3. The first-order chi connectivity index (χ1) is 8.70. The average Bonchev–Trinajstić information content (AvgIpc) is 2.83. The van der Waals surface area contributed by atoms with Crippen LogP contribution in [0.2, 0.25) is 0 Å². The maximum absolute atomic E-state index is 11.9. The minimum absolute atomic E-state index is 0.0109. The average molecular weight is 249 g/mol. The van der Waals surface area contributed by atoms with E-state index in [2.05, 4.69) is 5.32 Å². The van der Waals surface area contributed by atoms with Crippen LogP contribution in [0.1, 0.15) is 18.9 Å². The van der Waals surface area contributed by atoms with Gasteiger partial charge in [-0.25, -0.2) is 0 Å². The fraction of sp³-hybridized carbons (Fsp3) is 0.500. The van der Waals surface area contributed by atoms with Crippen molar-refractivity contribution in [3.63, 3.8) is 0 Å². The zero-order valence-electron chi connectivity index (χ0n) is 10.8. The Balaban J connectivity index is 1.85. The molecule has 4 heteroatoms. The van der Waals surface area contributed by atoms with E-state index in [0.717, 1.165) is 24.3 Å². The molecule has 2 rings (SSSR count). The monoisotopic (exact) mass is 249 g/mol. The molecule has 0 radical (unpaired) electrons. The summed E-state index contributed by atoms with van der Waals surface area (Å²) < 4.78 is 10.4. The van der Waals surface area contributed by atoms with Gasteiger partial charge < -0.3 is 14.8 Å². The molecule has 1 aliphatic heterocycles. The fourth-order valence-electron chi connectivity index (χ4n) is 2.16. The molecule has 0 spiro atoms. The van der Waals surface area contributed by atoms with Gasteiger partial charge in [0.15, 0.2) is 0 Å². The molecule has 1 saturated heterocycles. The molecule has 0 amide bonds. The lowest BCUT2D eigenvalue weighted by atomic mass is 10.0. The van der Waals surface area contributed by atoms with Gasteiger partial charge in [0, 0.05) is 6.04 Å². The normalized spacial score (nSPS) is 22.8. The number of carbonyl (C=O) groups excluding carboxylic acids is 1. The number of nitrogens with one attached hydrogen (secondary N) is 1. The summed E-state index contributed by atoms with van der Waals surface area (Å²) in [6.45, 7) is 3.24. The minimum Gasteiger partial charge on any atom is -0.497 e. The highest BCUT2D eigenvalue weighted by Gasteiger charge is 2.30. The highest BCUT2D eigenvalue weighted by molar-refractivity contribution is 5.73. The predicted octanol–water partition coefficient (Wildman–Crippen LogP) is 1.74. The zero-order valence-corrected chi connectivity index (χ0v) is 10.8. The van der Waals surface area contributed by atoms with E-state index in [-0.39, 0.29) is 17.9 Å². The minimum atomic E-state index is -0.108. The zero-order chi connectivity index (χ0) is 13.0. The Bertz CT molecular complexity index is 402. The van der Waals surface area contributed by atoms with Crippen LogP contribution < -0.4 is 10.1 Å². The maximum Gasteiger partial charge on any atom is 0.310 e. The molecule has 1 aromatic carbocycles. The number of esters is 1. The van der Waals surface area contributed by atoms with Crippen LogP contribution in [-0.4, -0.2) is 25.7 Å². The summed E-state index contributed by atoms with van der Waals surface area (Å²) in [5.74, 6) is 0.685. The molecule has 0 aliphatic carbocycles. The summed E-state index contributed by atoms with van der Waals surface area (Å²) in [6.07, 6.45) is 0.864. The van der Waals surface area contributed by atoms with E-state index in [1.807, 2.05) is 31.2 Å². The molecular weight excluding hydrogens is 230 g/mol. The van der Waals surface area contributed by atoms with Gasteiger partial charge in [0.1, 0.15) is 12.4 Å². The van der Waals surface area contributed by atoms with Crippen LogP contribution in [0.25, 0.3) is 0 Å². The van der Waals surface area contributed by atoms with Gasteiger partial charge in [-0.2, -0.15) is 0 Å². The topological polar surface area (TPSA) is 47.6 Å². The lowest BCUT2D eigenvalue weighted by Gasteiger charge is -2.14. The van der Waals surface area contributed by atoms with Crippen LogP contribution in [0.5, 0.6) is 5.75 Å². The molecule has 2 unspecified atom stereocenters. The molecule has 1 aliphatic rings. The van der Waals surface area contributed by atoms with Gasteiger partial charge in [0.05, 0.1) is 13.0 Å². The van der Waals surface area contributed by atoms with Gasteiger partial charge in [0.2, 0.25) is 0 Å². The van der Waals surface area contributed by atoms with Crippen molar-refractivity contribution < 1.29 is 14.3 Å². The number of methoxy groups -OCH3 is 1. The van der Waals surface area contributed by atoms with Gasteiger partial charge in [-0.05, 0) is 37.6 Å². The Morgan fingerprint density at radius 2 is 2.11 bits per heavy atom. The largest absolute Gasteiger partial charge is 0.497 e. The lowest BCUT2D eigenvalue weighted by Crippen LogP contribution is -2.29. The van der Waals surface area contributed by atoms with Crippen LogP contribution in [-0.2, 0) is 16.1 Å². The Morgan fingerprint density at radius 3 is 2.67 bits per heavy atom. The number of carbonyl (C=O) groups is 1. The number of rotatable bonds is 4. The van der Waals surface area contributed by atoms with Crippen molar-refractivity contribution in [3.05, 3.63) is 29.8 Å². The highest BCUT2D eigenvalue weighted by atomic mass is 16.5. The third-order valence-electron chi connectivity index (χ3n) is 3.37. The second-order valence-electron chi connectivity index (χ2n) is 4.59. The molecule has 0 bridgehead atoms. The summed E-state index contributed by atoms with van der Waals surface area (Å²) in [5, 5.41) is 3.25. The SMILES string of the molecule is COc1ccc(COC(=O)C2CCNC2C)cc1. The second kappa shape index (κ2) is 5.87. The predicted molar refractivity (Wildman–Crippen MR) is 68.4 cm³/mol. The van der Waals surface area contributed by atoms with E-state index >= 15 is 0 Å². The molecule has 0 aromatic heterocycles. The van der Waals surface area contributed by atoms with Crippen LogP contribution in [0.4, 0.5) is 0 Å². The number of ether oxygens (including phenoxy) is 2. The number of hydrogen-bond donors (Lipinski definition) is 1. The van der Waals surface area contributed by atoms with Crippen molar-refractivity contribution in [2.24, 2.45) is 5.92 Å². The van der Waals surface area contributed by atoms with E-state index in [1.54, 1.807) is 7.11 Å². The molecular formula is C14H19NO3. The van der Waals surface area contributed by atoms with E-state index in [4.69, 9.17) is 9.47 Å². The van der Waals surface area contributed by atoms with Gasteiger partial charge in [-0.1, -0.05) is 12.1 Å². The lowest BCUT2D eigenvalue weighted by molar-refractivity contribution is -0.150. The van der Waals surface area contributed by atoms with Gasteiger partial charge in [-0.3, -0.25) is 4.79 Å². The van der Waals surface area contributed by atoms with Crippen molar-refractivity contribution in [3.8, 4) is 5.75 Å². The van der Waals surface area contributed by atoms with Crippen molar-refractivity contribution in [2.45, 2.75) is 26.0 Å². The van der Waals surface area contributed by atoms with Crippen LogP contribution in [0.15, 0.2) is 24.3 Å². The summed E-state index contributed by atoms with van der Waals surface area (Å²) >= 11 is 0. The van der Waals surface area contributed by atoms with E-state index in [1.165, 1.54) is 0 Å². The summed E-state index contributed by atoms with van der Waals surface area (Å²) in [7, 11) is 1.63. The van der Waals surface area contributed by atoms with Crippen molar-refractivity contribution >= 4 is 5.97 Å². The summed E-state index contributed by atoms with van der Waals surface area (Å²) in [4.78, 5) is 11.9. The smallest absolute Gasteiger partial charge is 0.310 e. The molecule has 2 atom stereocenters. The molecule has 1 aromatic rings. The molecule has 1 N–H and O–H groups in total. The third-order valence-corrected chi connectivity index (χ3v) is 3.37. The van der Waals surface area contributed by atoms with Crippen molar-refractivity contribution in [1.82, 2.24) is 5.32 Å². The van der Waals surface area contributed by atoms with E-state index in [9.17, 15) is 4.79 Å². The van der Waals surface area contributed by atoms with Gasteiger partial charge >= 0.3 is 5.97 Å². The first kappa shape index (κ1) is 12.9. The Kier molecular flexibility index (Phi) is 4.20. The third kappa shape index (κ3) is 3.01. The molecule has 4 nitrogen and oxygen atoms in total. The number of benzene rings is 1. The highest BCUT2D eigenvalue weighted by Crippen LogP contribution is 2.18. The van der Waals surface area contributed by atoms with Crippen LogP contribution >= 0.6 is 0 Å². The first-order valence-corrected chi connectivity index (χ1v) is 6.23. The first-order valence-electron chi connectivity index (χ1n) is 6.23. The second-order valence-corrected chi connectivity index (χ2v) is 4.59. The summed E-state index contributed by atoms with van der Waals surface area (Å²) in [6, 6.07) is 7.75. The van der Waals surface area contributed by atoms with Crippen molar-refractivity contribution in [1.29, 1.82) is 0 Å². The molecule has 0 saturated carbocycles. The quantitative estimate of drug-likeness (QED) is 0.826. The molecule has 98 valence electrons. The Hall–Kier alpha value is -1.55. The van der Waals surface area contributed by atoms with Gasteiger partial charge in [0.25, 0.3) is 0 Å². The van der Waals surface area contributed by atoms with Gasteiger partial charge in [-0.15, -0.1) is 0 Å². The Labute approximate surface area is 107 Å². The summed E-state index contributed by atoms with van der Waals surface area (Å²) in [5.41, 5.74) is 0.975.